The number of benzene rings is 1. The molecule has 102 valence electrons. The molecule has 0 aromatic heterocycles. The minimum absolute atomic E-state index is 0.0714. The first kappa shape index (κ1) is 13.4. The second kappa shape index (κ2) is 5.77. The maximum atomic E-state index is 11.7. The van der Waals surface area contributed by atoms with Crippen LogP contribution in [0, 0.1) is 10.1 Å². The lowest BCUT2D eigenvalue weighted by Gasteiger charge is -2.09. The average Bonchev–Trinajstić information content (AvgIpc) is 2.82. The molecule has 0 bridgehead atoms. The van der Waals surface area contributed by atoms with Crippen LogP contribution in [0.3, 0.4) is 0 Å². The molecule has 0 saturated carbocycles. The summed E-state index contributed by atoms with van der Waals surface area (Å²) in [7, 11) is 0. The minimum atomic E-state index is -0.543. The van der Waals surface area contributed by atoms with Crippen LogP contribution in [0.25, 0.3) is 0 Å². The van der Waals surface area contributed by atoms with Crippen LogP contribution >= 0.6 is 0 Å². The highest BCUT2D eigenvalue weighted by Gasteiger charge is 2.24. The Hall–Kier alpha value is -1.99. The van der Waals surface area contributed by atoms with Crippen molar-refractivity contribution in [2.75, 3.05) is 13.2 Å². The Labute approximate surface area is 109 Å². The molecule has 19 heavy (non-hydrogen) atoms. The molecule has 2 unspecified atom stereocenters. The molecule has 2 rings (SSSR count). The van der Waals surface area contributed by atoms with Gasteiger partial charge in [0.2, 0.25) is 0 Å². The zero-order valence-corrected chi connectivity index (χ0v) is 10.3. The summed E-state index contributed by atoms with van der Waals surface area (Å²) in [5.74, 6) is -0.543. The van der Waals surface area contributed by atoms with Gasteiger partial charge < -0.3 is 14.2 Å². The Morgan fingerprint density at radius 3 is 2.68 bits per heavy atom. The molecule has 2 atom stereocenters. The zero-order valence-electron chi connectivity index (χ0n) is 10.3. The van der Waals surface area contributed by atoms with Crippen molar-refractivity contribution in [3.63, 3.8) is 0 Å². The van der Waals surface area contributed by atoms with Gasteiger partial charge in [0.25, 0.3) is 5.69 Å². The molecule has 1 fully saturated rings. The monoisotopic (exact) mass is 267 g/mol. The summed E-state index contributed by atoms with van der Waals surface area (Å²) in [6.07, 6.45) is -0.555. The van der Waals surface area contributed by atoms with Crippen molar-refractivity contribution in [2.45, 2.75) is 19.3 Å². The predicted molar refractivity (Wildman–Crippen MR) is 63.7 cm³/mol. The van der Waals surface area contributed by atoms with E-state index in [9.17, 15) is 14.9 Å². The van der Waals surface area contributed by atoms with E-state index in [4.69, 9.17) is 14.2 Å². The molecule has 7 nitrogen and oxygen atoms in total. The van der Waals surface area contributed by atoms with Crippen molar-refractivity contribution < 1.29 is 23.9 Å². The molecule has 0 spiro atoms. The fourth-order valence-electron chi connectivity index (χ4n) is 1.65. The predicted octanol–water partition coefficient (Wildman–Crippen LogP) is 1.51. The summed E-state index contributed by atoms with van der Waals surface area (Å²) in [6.45, 7) is 2.24. The van der Waals surface area contributed by atoms with Gasteiger partial charge in [0, 0.05) is 12.1 Å². The molecule has 0 radical (unpaired) electrons. The molecular weight excluding hydrogens is 254 g/mol. The lowest BCUT2D eigenvalue weighted by Crippen LogP contribution is -2.21. The standard InChI is InChI=1S/C12H13NO6/c1-8-17-6-11(19-8)7-18-12(14)9-2-4-10(5-3-9)13(15)16/h2-5,8,11H,6-7H2,1H3. The van der Waals surface area contributed by atoms with Gasteiger partial charge in [-0.3, -0.25) is 10.1 Å². The fraction of sp³-hybridized carbons (Fsp3) is 0.417. The molecule has 0 amide bonds. The normalized spacial score (nSPS) is 22.2. The number of nitro groups is 1. The number of nitrogens with zero attached hydrogens (tertiary/aromatic N) is 1. The maximum Gasteiger partial charge on any atom is 0.338 e. The second-order valence-electron chi connectivity index (χ2n) is 4.06. The molecule has 1 saturated heterocycles. The van der Waals surface area contributed by atoms with Crippen molar-refractivity contribution in [3.05, 3.63) is 39.9 Å². The number of esters is 1. The van der Waals surface area contributed by atoms with E-state index in [-0.39, 0.29) is 30.3 Å². The van der Waals surface area contributed by atoms with Crippen molar-refractivity contribution in [2.24, 2.45) is 0 Å². The Morgan fingerprint density at radius 1 is 1.47 bits per heavy atom. The Balaban J connectivity index is 1.87. The third-order valence-electron chi connectivity index (χ3n) is 2.62. The highest BCUT2D eigenvalue weighted by atomic mass is 16.7. The SMILES string of the molecule is CC1OCC(COC(=O)c2ccc([N+](=O)[O-])cc2)O1. The van der Waals surface area contributed by atoms with Crippen LogP contribution in [0.2, 0.25) is 0 Å². The Morgan fingerprint density at radius 2 is 2.16 bits per heavy atom. The third kappa shape index (κ3) is 3.49. The number of carbonyl (C=O) groups excluding carboxylic acids is 1. The number of ether oxygens (including phenoxy) is 3. The highest BCUT2D eigenvalue weighted by Crippen LogP contribution is 2.14. The smallest absolute Gasteiger partial charge is 0.338 e. The molecule has 1 aromatic carbocycles. The number of hydrogen-bond acceptors (Lipinski definition) is 6. The third-order valence-corrected chi connectivity index (χ3v) is 2.62. The first-order valence-corrected chi connectivity index (χ1v) is 5.75. The summed E-state index contributed by atoms with van der Waals surface area (Å²) in [5, 5.41) is 10.5. The zero-order chi connectivity index (χ0) is 13.8. The van der Waals surface area contributed by atoms with Crippen LogP contribution < -0.4 is 0 Å². The molecule has 0 N–H and O–H groups in total. The van der Waals surface area contributed by atoms with Crippen molar-refractivity contribution >= 4 is 11.7 Å². The van der Waals surface area contributed by atoms with Gasteiger partial charge >= 0.3 is 5.97 Å². The lowest BCUT2D eigenvalue weighted by atomic mass is 10.2. The van der Waals surface area contributed by atoms with Gasteiger partial charge in [-0.25, -0.2) is 4.79 Å². The first-order valence-electron chi connectivity index (χ1n) is 5.75. The average molecular weight is 267 g/mol. The highest BCUT2D eigenvalue weighted by molar-refractivity contribution is 5.89. The van der Waals surface area contributed by atoms with E-state index < -0.39 is 10.9 Å². The number of nitro benzene ring substituents is 1. The van der Waals surface area contributed by atoms with Crippen LogP contribution in [0.1, 0.15) is 17.3 Å². The topological polar surface area (TPSA) is 87.9 Å². The van der Waals surface area contributed by atoms with Gasteiger partial charge in [-0.15, -0.1) is 0 Å². The fourth-order valence-corrected chi connectivity index (χ4v) is 1.65. The van der Waals surface area contributed by atoms with Crippen molar-refractivity contribution in [1.82, 2.24) is 0 Å². The van der Waals surface area contributed by atoms with Crippen LogP contribution in [0.15, 0.2) is 24.3 Å². The van der Waals surface area contributed by atoms with Gasteiger partial charge in [-0.05, 0) is 19.1 Å². The van der Waals surface area contributed by atoms with E-state index in [1.807, 2.05) is 0 Å². The summed E-state index contributed by atoms with van der Waals surface area (Å²) in [4.78, 5) is 21.6. The molecule has 1 aliphatic rings. The van der Waals surface area contributed by atoms with Crippen LogP contribution in [0.4, 0.5) is 5.69 Å². The van der Waals surface area contributed by atoms with E-state index >= 15 is 0 Å². The number of carbonyl (C=O) groups is 1. The first-order chi connectivity index (χ1) is 9.06. The van der Waals surface area contributed by atoms with E-state index in [0.29, 0.717) is 6.61 Å². The maximum absolute atomic E-state index is 11.7. The lowest BCUT2D eigenvalue weighted by molar-refractivity contribution is -0.384. The summed E-state index contributed by atoms with van der Waals surface area (Å²) < 4.78 is 15.5. The number of non-ortho nitro benzene ring substituents is 1. The molecule has 7 heteroatoms. The minimum Gasteiger partial charge on any atom is -0.459 e. The van der Waals surface area contributed by atoms with E-state index in [1.54, 1.807) is 6.92 Å². The molecule has 1 aliphatic heterocycles. The van der Waals surface area contributed by atoms with E-state index in [0.717, 1.165) is 0 Å². The molecular formula is C12H13NO6. The van der Waals surface area contributed by atoms with E-state index in [1.165, 1.54) is 24.3 Å². The Kier molecular flexibility index (Phi) is 4.08. The van der Waals surface area contributed by atoms with Crippen LogP contribution in [-0.4, -0.2) is 36.5 Å². The largest absolute Gasteiger partial charge is 0.459 e. The molecule has 0 aliphatic carbocycles. The van der Waals surface area contributed by atoms with Crippen molar-refractivity contribution in [1.29, 1.82) is 0 Å². The van der Waals surface area contributed by atoms with Crippen LogP contribution in [0.5, 0.6) is 0 Å². The van der Waals surface area contributed by atoms with Crippen LogP contribution in [-0.2, 0) is 14.2 Å². The summed E-state index contributed by atoms with van der Waals surface area (Å²) in [6, 6.07) is 5.23. The van der Waals surface area contributed by atoms with Crippen molar-refractivity contribution in [3.8, 4) is 0 Å². The van der Waals surface area contributed by atoms with Gasteiger partial charge in [0.15, 0.2) is 6.29 Å². The van der Waals surface area contributed by atoms with E-state index in [2.05, 4.69) is 0 Å². The van der Waals surface area contributed by atoms with Gasteiger partial charge in [-0.2, -0.15) is 0 Å². The number of hydrogen-bond donors (Lipinski definition) is 0. The van der Waals surface area contributed by atoms with Gasteiger partial charge in [0.05, 0.1) is 17.1 Å². The quantitative estimate of drug-likeness (QED) is 0.467. The second-order valence-corrected chi connectivity index (χ2v) is 4.06. The molecule has 1 aromatic rings. The molecule has 1 heterocycles. The van der Waals surface area contributed by atoms with Gasteiger partial charge in [0.1, 0.15) is 12.7 Å². The van der Waals surface area contributed by atoms with Gasteiger partial charge in [-0.1, -0.05) is 0 Å². The number of rotatable bonds is 4. The summed E-state index contributed by atoms with van der Waals surface area (Å²) in [5.41, 5.74) is 0.190. The summed E-state index contributed by atoms with van der Waals surface area (Å²) >= 11 is 0. The Bertz CT molecular complexity index is 472.